The third-order valence-corrected chi connectivity index (χ3v) is 2.97. The Balaban J connectivity index is 2.34. The van der Waals surface area contributed by atoms with E-state index in [9.17, 15) is 4.79 Å². The zero-order chi connectivity index (χ0) is 11.1. The number of carbonyl (C=O) groups excluding carboxylic acids is 1. The van der Waals surface area contributed by atoms with Crippen molar-refractivity contribution in [2.45, 2.75) is 32.1 Å². The second kappa shape index (κ2) is 6.62. The maximum absolute atomic E-state index is 11.7. The van der Waals surface area contributed by atoms with Crippen LogP contribution in [0.15, 0.2) is 12.7 Å². The quantitative estimate of drug-likeness (QED) is 0.701. The molecule has 1 saturated heterocycles. The standard InChI is InChI=1S/C12H21NO2/c1-2-3-6-12(15)13-8-4-5-11(10-13)7-9-14/h2,11,14H,1,3-10H2. The molecule has 1 aliphatic heterocycles. The summed E-state index contributed by atoms with van der Waals surface area (Å²) in [4.78, 5) is 13.7. The van der Waals surface area contributed by atoms with Gasteiger partial charge in [-0.2, -0.15) is 0 Å². The van der Waals surface area contributed by atoms with Crippen LogP contribution in [-0.2, 0) is 4.79 Å². The maximum atomic E-state index is 11.7. The van der Waals surface area contributed by atoms with E-state index in [2.05, 4.69) is 6.58 Å². The number of nitrogens with zero attached hydrogens (tertiary/aromatic N) is 1. The topological polar surface area (TPSA) is 40.5 Å². The molecular weight excluding hydrogens is 190 g/mol. The van der Waals surface area contributed by atoms with Gasteiger partial charge < -0.3 is 10.0 Å². The fourth-order valence-electron chi connectivity index (χ4n) is 2.09. The van der Waals surface area contributed by atoms with Crippen molar-refractivity contribution in [1.29, 1.82) is 0 Å². The molecule has 15 heavy (non-hydrogen) atoms. The van der Waals surface area contributed by atoms with Crippen molar-refractivity contribution in [2.75, 3.05) is 19.7 Å². The predicted molar refractivity (Wildman–Crippen MR) is 60.4 cm³/mol. The molecular formula is C12H21NO2. The van der Waals surface area contributed by atoms with Crippen LogP contribution in [0.5, 0.6) is 0 Å². The molecule has 0 aromatic rings. The van der Waals surface area contributed by atoms with E-state index in [4.69, 9.17) is 5.11 Å². The van der Waals surface area contributed by atoms with E-state index in [1.807, 2.05) is 4.90 Å². The zero-order valence-electron chi connectivity index (χ0n) is 9.32. The Morgan fingerprint density at radius 2 is 2.40 bits per heavy atom. The highest BCUT2D eigenvalue weighted by Gasteiger charge is 2.22. The second-order valence-corrected chi connectivity index (χ2v) is 4.19. The molecule has 0 aromatic carbocycles. The van der Waals surface area contributed by atoms with Gasteiger partial charge in [0.15, 0.2) is 0 Å². The van der Waals surface area contributed by atoms with Gasteiger partial charge in [-0.1, -0.05) is 6.08 Å². The molecule has 0 radical (unpaired) electrons. The Kier molecular flexibility index (Phi) is 5.40. The second-order valence-electron chi connectivity index (χ2n) is 4.19. The molecule has 1 heterocycles. The minimum atomic E-state index is 0.234. The summed E-state index contributed by atoms with van der Waals surface area (Å²) in [5, 5.41) is 8.87. The summed E-state index contributed by atoms with van der Waals surface area (Å²) < 4.78 is 0. The fourth-order valence-corrected chi connectivity index (χ4v) is 2.09. The van der Waals surface area contributed by atoms with Crippen LogP contribution in [0.1, 0.15) is 32.1 Å². The number of piperidine rings is 1. The van der Waals surface area contributed by atoms with Gasteiger partial charge in [0.2, 0.25) is 5.91 Å². The van der Waals surface area contributed by atoms with E-state index in [-0.39, 0.29) is 12.5 Å². The van der Waals surface area contributed by atoms with Crippen LogP contribution >= 0.6 is 0 Å². The first-order chi connectivity index (χ1) is 7.27. The Morgan fingerprint density at radius 3 is 3.07 bits per heavy atom. The lowest BCUT2D eigenvalue weighted by molar-refractivity contribution is -0.133. The molecule has 1 unspecified atom stereocenters. The number of rotatable bonds is 5. The maximum Gasteiger partial charge on any atom is 0.222 e. The van der Waals surface area contributed by atoms with Crippen LogP contribution in [0.4, 0.5) is 0 Å². The molecule has 1 amide bonds. The van der Waals surface area contributed by atoms with E-state index in [1.54, 1.807) is 6.08 Å². The number of aliphatic hydroxyl groups excluding tert-OH is 1. The Bertz CT molecular complexity index is 214. The monoisotopic (exact) mass is 211 g/mol. The summed E-state index contributed by atoms with van der Waals surface area (Å²) in [7, 11) is 0. The minimum absolute atomic E-state index is 0.234. The number of hydrogen-bond acceptors (Lipinski definition) is 2. The predicted octanol–water partition coefficient (Wildman–Crippen LogP) is 1.57. The Hall–Kier alpha value is -0.830. The highest BCUT2D eigenvalue weighted by atomic mass is 16.3. The van der Waals surface area contributed by atoms with Gasteiger partial charge in [-0.3, -0.25) is 4.79 Å². The molecule has 86 valence electrons. The molecule has 0 aliphatic carbocycles. The summed E-state index contributed by atoms with van der Waals surface area (Å²) in [5.41, 5.74) is 0. The molecule has 1 aliphatic rings. The van der Waals surface area contributed by atoms with E-state index < -0.39 is 0 Å². The highest BCUT2D eigenvalue weighted by molar-refractivity contribution is 5.76. The summed E-state index contributed by atoms with van der Waals surface area (Å²) in [6.45, 7) is 5.57. The van der Waals surface area contributed by atoms with Gasteiger partial charge >= 0.3 is 0 Å². The summed E-state index contributed by atoms with van der Waals surface area (Å²) in [6, 6.07) is 0. The van der Waals surface area contributed by atoms with E-state index in [0.29, 0.717) is 12.3 Å². The molecule has 0 aromatic heterocycles. The molecule has 0 saturated carbocycles. The van der Waals surface area contributed by atoms with Gasteiger partial charge in [0, 0.05) is 26.1 Å². The lowest BCUT2D eigenvalue weighted by Crippen LogP contribution is -2.40. The highest BCUT2D eigenvalue weighted by Crippen LogP contribution is 2.19. The van der Waals surface area contributed by atoms with Crippen molar-refractivity contribution in [1.82, 2.24) is 4.90 Å². The van der Waals surface area contributed by atoms with Crippen LogP contribution in [0, 0.1) is 5.92 Å². The normalized spacial score (nSPS) is 21.4. The first-order valence-electron chi connectivity index (χ1n) is 5.77. The average Bonchev–Trinajstić information content (AvgIpc) is 2.27. The average molecular weight is 211 g/mol. The third kappa shape index (κ3) is 4.04. The van der Waals surface area contributed by atoms with Crippen molar-refractivity contribution in [3.8, 4) is 0 Å². The van der Waals surface area contributed by atoms with E-state index in [1.165, 1.54) is 0 Å². The van der Waals surface area contributed by atoms with Crippen LogP contribution in [0.3, 0.4) is 0 Å². The lowest BCUT2D eigenvalue weighted by atomic mass is 9.95. The van der Waals surface area contributed by atoms with E-state index in [0.717, 1.165) is 38.8 Å². The molecule has 3 nitrogen and oxygen atoms in total. The van der Waals surface area contributed by atoms with Crippen LogP contribution in [0.25, 0.3) is 0 Å². The number of amides is 1. The van der Waals surface area contributed by atoms with E-state index >= 15 is 0 Å². The van der Waals surface area contributed by atoms with Crippen LogP contribution < -0.4 is 0 Å². The Morgan fingerprint density at radius 1 is 1.60 bits per heavy atom. The minimum Gasteiger partial charge on any atom is -0.396 e. The van der Waals surface area contributed by atoms with Crippen molar-refractivity contribution < 1.29 is 9.90 Å². The number of aliphatic hydroxyl groups is 1. The van der Waals surface area contributed by atoms with Gasteiger partial charge in [-0.05, 0) is 31.6 Å². The van der Waals surface area contributed by atoms with Gasteiger partial charge in [0.25, 0.3) is 0 Å². The zero-order valence-corrected chi connectivity index (χ0v) is 9.32. The fraction of sp³-hybridized carbons (Fsp3) is 0.750. The third-order valence-electron chi connectivity index (χ3n) is 2.97. The van der Waals surface area contributed by atoms with Crippen LogP contribution in [-0.4, -0.2) is 35.6 Å². The molecule has 1 fully saturated rings. The summed E-state index contributed by atoms with van der Waals surface area (Å²) >= 11 is 0. The SMILES string of the molecule is C=CCCC(=O)N1CCCC(CCO)C1. The summed E-state index contributed by atoms with van der Waals surface area (Å²) in [6.07, 6.45) is 6.17. The molecule has 1 atom stereocenters. The largest absolute Gasteiger partial charge is 0.396 e. The van der Waals surface area contributed by atoms with Crippen molar-refractivity contribution in [2.24, 2.45) is 5.92 Å². The number of allylic oxidation sites excluding steroid dienone is 1. The molecule has 3 heteroatoms. The Labute approximate surface area is 91.8 Å². The van der Waals surface area contributed by atoms with Gasteiger partial charge in [0.1, 0.15) is 0 Å². The van der Waals surface area contributed by atoms with Gasteiger partial charge in [-0.25, -0.2) is 0 Å². The van der Waals surface area contributed by atoms with Crippen molar-refractivity contribution in [3.05, 3.63) is 12.7 Å². The first kappa shape index (κ1) is 12.2. The van der Waals surface area contributed by atoms with Crippen molar-refractivity contribution in [3.63, 3.8) is 0 Å². The van der Waals surface area contributed by atoms with Gasteiger partial charge in [0.05, 0.1) is 0 Å². The van der Waals surface area contributed by atoms with Crippen molar-refractivity contribution >= 4 is 5.91 Å². The first-order valence-corrected chi connectivity index (χ1v) is 5.77. The number of carbonyl (C=O) groups is 1. The molecule has 1 N–H and O–H groups in total. The number of hydrogen-bond donors (Lipinski definition) is 1. The molecule has 1 rings (SSSR count). The van der Waals surface area contributed by atoms with Crippen LogP contribution in [0.2, 0.25) is 0 Å². The summed E-state index contributed by atoms with van der Waals surface area (Å²) in [5.74, 6) is 0.731. The number of likely N-dealkylation sites (tertiary alicyclic amines) is 1. The molecule has 0 bridgehead atoms. The smallest absolute Gasteiger partial charge is 0.222 e. The van der Waals surface area contributed by atoms with Gasteiger partial charge in [-0.15, -0.1) is 6.58 Å². The molecule has 0 spiro atoms. The lowest BCUT2D eigenvalue weighted by Gasteiger charge is -2.32.